The molecule has 1 N–H and O–H groups in total. The molecule has 0 radical (unpaired) electrons. The SMILES string of the molecule is COc1ccc(OCCNc2cc(C(=O)N(C)Cc3ccccc3)ccn2)cc1. The quantitative estimate of drug-likeness (QED) is 0.561. The van der Waals surface area contributed by atoms with Gasteiger partial charge >= 0.3 is 0 Å². The first-order valence-corrected chi connectivity index (χ1v) is 9.42. The van der Waals surface area contributed by atoms with E-state index in [1.54, 1.807) is 37.4 Å². The summed E-state index contributed by atoms with van der Waals surface area (Å²) < 4.78 is 10.8. The molecule has 3 aromatic rings. The Kier molecular flexibility index (Phi) is 7.05. The zero-order chi connectivity index (χ0) is 20.5. The minimum absolute atomic E-state index is 0.0474. The number of rotatable bonds is 9. The number of amides is 1. The highest BCUT2D eigenvalue weighted by Crippen LogP contribution is 2.17. The van der Waals surface area contributed by atoms with Crippen LogP contribution in [-0.2, 0) is 6.54 Å². The fourth-order valence-corrected chi connectivity index (χ4v) is 2.83. The van der Waals surface area contributed by atoms with Crippen molar-refractivity contribution in [3.05, 3.63) is 84.1 Å². The zero-order valence-electron chi connectivity index (χ0n) is 16.7. The second kappa shape index (κ2) is 10.1. The Bertz CT molecular complexity index is 914. The van der Waals surface area contributed by atoms with Gasteiger partial charge in [-0.2, -0.15) is 0 Å². The van der Waals surface area contributed by atoms with Gasteiger partial charge in [-0.25, -0.2) is 4.98 Å². The van der Waals surface area contributed by atoms with Crippen molar-refractivity contribution in [3.63, 3.8) is 0 Å². The van der Waals surface area contributed by atoms with Crippen molar-refractivity contribution in [1.82, 2.24) is 9.88 Å². The third-order valence-electron chi connectivity index (χ3n) is 4.35. The first-order valence-electron chi connectivity index (χ1n) is 9.42. The van der Waals surface area contributed by atoms with Crippen molar-refractivity contribution in [1.29, 1.82) is 0 Å². The van der Waals surface area contributed by atoms with Crippen molar-refractivity contribution >= 4 is 11.7 Å². The van der Waals surface area contributed by atoms with E-state index in [-0.39, 0.29) is 5.91 Å². The van der Waals surface area contributed by atoms with E-state index in [1.165, 1.54) is 0 Å². The van der Waals surface area contributed by atoms with Gasteiger partial charge in [-0.1, -0.05) is 30.3 Å². The van der Waals surface area contributed by atoms with Gasteiger partial charge < -0.3 is 19.7 Å². The van der Waals surface area contributed by atoms with Crippen molar-refractivity contribution in [3.8, 4) is 11.5 Å². The number of nitrogens with one attached hydrogen (secondary N) is 1. The maximum absolute atomic E-state index is 12.7. The first kappa shape index (κ1) is 20.2. The fourth-order valence-electron chi connectivity index (χ4n) is 2.83. The Balaban J connectivity index is 1.50. The number of aromatic nitrogens is 1. The Morgan fingerprint density at radius 3 is 2.48 bits per heavy atom. The highest BCUT2D eigenvalue weighted by Gasteiger charge is 2.13. The lowest BCUT2D eigenvalue weighted by atomic mass is 10.2. The standard InChI is InChI=1S/C23H25N3O3/c1-26(17-18-6-4-3-5-7-18)23(27)19-12-13-24-22(16-19)25-14-15-29-21-10-8-20(28-2)9-11-21/h3-13,16H,14-15,17H2,1-2H3,(H,24,25). The number of benzene rings is 2. The number of ether oxygens (including phenoxy) is 2. The maximum atomic E-state index is 12.7. The summed E-state index contributed by atoms with van der Waals surface area (Å²) in [6.45, 7) is 1.59. The summed E-state index contributed by atoms with van der Waals surface area (Å²) in [6, 6.07) is 20.8. The number of pyridine rings is 1. The van der Waals surface area contributed by atoms with Gasteiger partial charge in [0.2, 0.25) is 0 Å². The third kappa shape index (κ3) is 5.97. The molecule has 0 saturated heterocycles. The molecule has 1 aromatic heterocycles. The Hall–Kier alpha value is -3.54. The van der Waals surface area contributed by atoms with E-state index >= 15 is 0 Å². The normalized spacial score (nSPS) is 10.3. The average Bonchev–Trinajstić information content (AvgIpc) is 2.77. The molecule has 0 bridgehead atoms. The van der Waals surface area contributed by atoms with Crippen molar-refractivity contribution < 1.29 is 14.3 Å². The molecule has 1 amide bonds. The number of hydrogen-bond acceptors (Lipinski definition) is 5. The van der Waals surface area contributed by atoms with Crippen LogP contribution in [0.5, 0.6) is 11.5 Å². The molecule has 1 heterocycles. The molecule has 0 fully saturated rings. The van der Waals surface area contributed by atoms with Gasteiger partial charge in [-0.05, 0) is 42.0 Å². The van der Waals surface area contributed by atoms with Crippen LogP contribution in [0.15, 0.2) is 72.9 Å². The predicted octanol–water partition coefficient (Wildman–Crippen LogP) is 3.85. The molecular weight excluding hydrogens is 366 g/mol. The van der Waals surface area contributed by atoms with E-state index in [0.29, 0.717) is 31.1 Å². The van der Waals surface area contributed by atoms with Crippen LogP contribution in [-0.4, -0.2) is 43.1 Å². The molecule has 0 aliphatic rings. The molecular formula is C23H25N3O3. The summed E-state index contributed by atoms with van der Waals surface area (Å²) in [5.41, 5.74) is 1.68. The summed E-state index contributed by atoms with van der Waals surface area (Å²) in [7, 11) is 3.43. The number of nitrogens with zero attached hydrogens (tertiary/aromatic N) is 2. The summed E-state index contributed by atoms with van der Waals surface area (Å²) in [4.78, 5) is 18.7. The highest BCUT2D eigenvalue weighted by atomic mass is 16.5. The van der Waals surface area contributed by atoms with Crippen LogP contribution < -0.4 is 14.8 Å². The molecule has 6 heteroatoms. The maximum Gasteiger partial charge on any atom is 0.254 e. The molecule has 2 aromatic carbocycles. The number of anilines is 1. The predicted molar refractivity (Wildman–Crippen MR) is 113 cm³/mol. The zero-order valence-corrected chi connectivity index (χ0v) is 16.7. The van der Waals surface area contributed by atoms with E-state index in [9.17, 15) is 4.79 Å². The van der Waals surface area contributed by atoms with Crippen molar-refractivity contribution in [2.75, 3.05) is 32.6 Å². The minimum atomic E-state index is -0.0474. The van der Waals surface area contributed by atoms with E-state index in [4.69, 9.17) is 9.47 Å². The molecule has 0 aliphatic heterocycles. The summed E-state index contributed by atoms with van der Waals surface area (Å²) in [5, 5.41) is 3.19. The number of methoxy groups -OCH3 is 1. The molecule has 29 heavy (non-hydrogen) atoms. The Labute approximate surface area is 171 Å². The highest BCUT2D eigenvalue weighted by molar-refractivity contribution is 5.94. The third-order valence-corrected chi connectivity index (χ3v) is 4.35. The number of carbonyl (C=O) groups excluding carboxylic acids is 1. The van der Waals surface area contributed by atoms with Crippen LogP contribution in [0.25, 0.3) is 0 Å². The molecule has 0 unspecified atom stereocenters. The Morgan fingerprint density at radius 2 is 1.76 bits per heavy atom. The van der Waals surface area contributed by atoms with E-state index in [1.807, 2.05) is 54.6 Å². The van der Waals surface area contributed by atoms with E-state index in [2.05, 4.69) is 10.3 Å². The Morgan fingerprint density at radius 1 is 1.03 bits per heavy atom. The van der Waals surface area contributed by atoms with Crippen LogP contribution in [0.3, 0.4) is 0 Å². The number of hydrogen-bond donors (Lipinski definition) is 1. The first-order chi connectivity index (χ1) is 14.2. The fraction of sp³-hybridized carbons (Fsp3) is 0.217. The summed E-state index contributed by atoms with van der Waals surface area (Å²) in [6.07, 6.45) is 1.64. The van der Waals surface area contributed by atoms with Crippen LogP contribution in [0.1, 0.15) is 15.9 Å². The van der Waals surface area contributed by atoms with Gasteiger partial charge in [0, 0.05) is 25.4 Å². The van der Waals surface area contributed by atoms with Gasteiger partial charge in [0.25, 0.3) is 5.91 Å². The second-order valence-electron chi connectivity index (χ2n) is 6.53. The summed E-state index contributed by atoms with van der Waals surface area (Å²) >= 11 is 0. The lowest BCUT2D eigenvalue weighted by molar-refractivity contribution is 0.0785. The van der Waals surface area contributed by atoms with Crippen molar-refractivity contribution in [2.24, 2.45) is 0 Å². The lowest BCUT2D eigenvalue weighted by Gasteiger charge is -2.17. The molecule has 0 spiro atoms. The summed E-state index contributed by atoms with van der Waals surface area (Å²) in [5.74, 6) is 2.15. The van der Waals surface area contributed by atoms with Crippen LogP contribution in [0.2, 0.25) is 0 Å². The van der Waals surface area contributed by atoms with E-state index in [0.717, 1.165) is 17.1 Å². The molecule has 3 rings (SSSR count). The van der Waals surface area contributed by atoms with E-state index < -0.39 is 0 Å². The lowest BCUT2D eigenvalue weighted by Crippen LogP contribution is -2.26. The smallest absolute Gasteiger partial charge is 0.254 e. The van der Waals surface area contributed by atoms with Crippen molar-refractivity contribution in [2.45, 2.75) is 6.54 Å². The van der Waals surface area contributed by atoms with Gasteiger partial charge in [0.05, 0.1) is 13.7 Å². The van der Waals surface area contributed by atoms with Gasteiger partial charge in [0.15, 0.2) is 0 Å². The van der Waals surface area contributed by atoms with Gasteiger partial charge in [-0.15, -0.1) is 0 Å². The molecule has 150 valence electrons. The molecule has 0 aliphatic carbocycles. The van der Waals surface area contributed by atoms with Gasteiger partial charge in [0.1, 0.15) is 23.9 Å². The van der Waals surface area contributed by atoms with Crippen LogP contribution in [0.4, 0.5) is 5.82 Å². The topological polar surface area (TPSA) is 63.7 Å². The van der Waals surface area contributed by atoms with Crippen LogP contribution in [0, 0.1) is 0 Å². The largest absolute Gasteiger partial charge is 0.497 e. The minimum Gasteiger partial charge on any atom is -0.497 e. The average molecular weight is 391 g/mol. The second-order valence-corrected chi connectivity index (χ2v) is 6.53. The van der Waals surface area contributed by atoms with Crippen LogP contribution >= 0.6 is 0 Å². The molecule has 0 saturated carbocycles. The molecule has 6 nitrogen and oxygen atoms in total. The number of carbonyl (C=O) groups is 1. The molecule has 0 atom stereocenters. The van der Waals surface area contributed by atoms with Gasteiger partial charge in [-0.3, -0.25) is 4.79 Å². The monoisotopic (exact) mass is 391 g/mol.